The zero-order chi connectivity index (χ0) is 9.43. The van der Waals surface area contributed by atoms with Gasteiger partial charge in [0.1, 0.15) is 0 Å². The third kappa shape index (κ3) is 0.915. The third-order valence-corrected chi connectivity index (χ3v) is 2.92. The zero-order valence-corrected chi connectivity index (χ0v) is 7.85. The lowest BCUT2D eigenvalue weighted by Crippen LogP contribution is -2.49. The molecule has 1 N–H and O–H groups in total. The maximum Gasteiger partial charge on any atom is 0.182 e. The van der Waals surface area contributed by atoms with Crippen molar-refractivity contribution >= 4 is 0 Å². The van der Waals surface area contributed by atoms with Gasteiger partial charge >= 0.3 is 0 Å². The van der Waals surface area contributed by atoms with Crippen LogP contribution in [-0.2, 0) is 0 Å². The minimum absolute atomic E-state index is 0.262. The second-order valence-electron chi connectivity index (χ2n) is 3.71. The molecule has 0 aromatic carbocycles. The molecule has 0 saturated heterocycles. The molecule has 0 bridgehead atoms. The van der Waals surface area contributed by atoms with Gasteiger partial charge in [0.05, 0.1) is 0 Å². The summed E-state index contributed by atoms with van der Waals surface area (Å²) in [5, 5.41) is 10.4. The van der Waals surface area contributed by atoms with Gasteiger partial charge in [-0.2, -0.15) is 5.01 Å². The first-order chi connectivity index (χ1) is 6.92. The highest BCUT2D eigenvalue weighted by Gasteiger charge is 2.44. The highest BCUT2D eigenvalue weighted by molar-refractivity contribution is 5.39. The summed E-state index contributed by atoms with van der Waals surface area (Å²) in [5.41, 5.74) is 3.93. The van der Waals surface area contributed by atoms with E-state index in [1.165, 1.54) is 5.57 Å². The van der Waals surface area contributed by atoms with Gasteiger partial charge in [0.15, 0.2) is 5.66 Å². The first kappa shape index (κ1) is 7.94. The minimum Gasteiger partial charge on any atom is -0.219 e. The standard InChI is InChI=1S/C10H12N4/c1-3-7-10-9(5-1)6-2-4-8-14(10)13-12-11-10/h1-3,5-6H,4,7-8H2,(H,11,13). The van der Waals surface area contributed by atoms with Crippen molar-refractivity contribution in [1.82, 2.24) is 10.5 Å². The normalized spacial score (nSPS) is 34.4. The Morgan fingerprint density at radius 2 is 2.43 bits per heavy atom. The van der Waals surface area contributed by atoms with Crippen molar-refractivity contribution in [2.45, 2.75) is 18.5 Å². The Balaban J connectivity index is 2.11. The molecule has 72 valence electrons. The van der Waals surface area contributed by atoms with Crippen LogP contribution in [0.3, 0.4) is 0 Å². The minimum atomic E-state index is -0.262. The van der Waals surface area contributed by atoms with Crippen LogP contribution < -0.4 is 5.53 Å². The van der Waals surface area contributed by atoms with Crippen molar-refractivity contribution in [2.75, 3.05) is 6.54 Å². The summed E-state index contributed by atoms with van der Waals surface area (Å²) in [6, 6.07) is 0. The fourth-order valence-electron chi connectivity index (χ4n) is 2.15. The van der Waals surface area contributed by atoms with Gasteiger partial charge < -0.3 is 0 Å². The van der Waals surface area contributed by atoms with Gasteiger partial charge in [-0.15, -0.1) is 5.11 Å². The number of hydrazine groups is 1. The average molecular weight is 188 g/mol. The molecule has 3 rings (SSSR count). The summed E-state index contributed by atoms with van der Waals surface area (Å²) in [6.07, 6.45) is 12.6. The summed E-state index contributed by atoms with van der Waals surface area (Å²) in [4.78, 5) is 0. The molecular formula is C10H12N4. The van der Waals surface area contributed by atoms with Gasteiger partial charge in [0.2, 0.25) is 0 Å². The van der Waals surface area contributed by atoms with E-state index in [0.29, 0.717) is 0 Å². The van der Waals surface area contributed by atoms with Crippen LogP contribution in [0.4, 0.5) is 0 Å². The molecule has 0 aromatic rings. The second-order valence-corrected chi connectivity index (χ2v) is 3.71. The molecule has 0 fully saturated rings. The summed E-state index contributed by atoms with van der Waals surface area (Å²) in [5.74, 6) is 0. The summed E-state index contributed by atoms with van der Waals surface area (Å²) in [6.45, 7) is 0.953. The number of hydrogen-bond acceptors (Lipinski definition) is 4. The Morgan fingerprint density at radius 3 is 3.43 bits per heavy atom. The van der Waals surface area contributed by atoms with Crippen molar-refractivity contribution in [1.29, 1.82) is 0 Å². The lowest BCUT2D eigenvalue weighted by Gasteiger charge is -2.33. The van der Waals surface area contributed by atoms with Gasteiger partial charge in [0.25, 0.3) is 0 Å². The van der Waals surface area contributed by atoms with Gasteiger partial charge in [-0.1, -0.05) is 35.6 Å². The number of allylic oxidation sites excluding steroid dienone is 2. The molecule has 2 heterocycles. The van der Waals surface area contributed by atoms with E-state index in [2.05, 4.69) is 51.3 Å². The van der Waals surface area contributed by atoms with E-state index in [0.717, 1.165) is 19.4 Å². The number of nitrogens with zero attached hydrogens (tertiary/aromatic N) is 3. The summed E-state index contributed by atoms with van der Waals surface area (Å²) < 4.78 is 0. The van der Waals surface area contributed by atoms with Crippen LogP contribution in [0.25, 0.3) is 0 Å². The van der Waals surface area contributed by atoms with Gasteiger partial charge in [-0.25, -0.2) is 5.53 Å². The van der Waals surface area contributed by atoms with E-state index >= 15 is 0 Å². The van der Waals surface area contributed by atoms with Crippen LogP contribution in [0.2, 0.25) is 0 Å². The van der Waals surface area contributed by atoms with E-state index in [4.69, 9.17) is 0 Å². The van der Waals surface area contributed by atoms with E-state index in [1.54, 1.807) is 0 Å². The monoisotopic (exact) mass is 188 g/mol. The zero-order valence-electron chi connectivity index (χ0n) is 7.85. The topological polar surface area (TPSA) is 40.0 Å². The Labute approximate surface area is 82.6 Å². The highest BCUT2D eigenvalue weighted by atomic mass is 15.8. The van der Waals surface area contributed by atoms with Gasteiger partial charge in [-0.3, -0.25) is 0 Å². The first-order valence-corrected chi connectivity index (χ1v) is 4.91. The molecule has 4 heteroatoms. The molecule has 1 aliphatic carbocycles. The molecule has 0 radical (unpaired) electrons. The van der Waals surface area contributed by atoms with Crippen LogP contribution in [0, 0.1) is 0 Å². The van der Waals surface area contributed by atoms with Crippen LogP contribution in [0.15, 0.2) is 46.3 Å². The van der Waals surface area contributed by atoms with E-state index < -0.39 is 0 Å². The van der Waals surface area contributed by atoms with Crippen LogP contribution in [-0.4, -0.2) is 17.2 Å². The molecule has 4 nitrogen and oxygen atoms in total. The number of rotatable bonds is 0. The van der Waals surface area contributed by atoms with Gasteiger partial charge in [0, 0.05) is 13.0 Å². The molecule has 2 aliphatic heterocycles. The van der Waals surface area contributed by atoms with E-state index in [9.17, 15) is 0 Å². The second kappa shape index (κ2) is 2.78. The van der Waals surface area contributed by atoms with Crippen LogP contribution in [0.1, 0.15) is 12.8 Å². The Kier molecular flexibility index (Phi) is 1.58. The molecule has 1 atom stereocenters. The lowest BCUT2D eigenvalue weighted by atomic mass is 9.92. The van der Waals surface area contributed by atoms with Crippen molar-refractivity contribution < 1.29 is 0 Å². The fraction of sp³-hybridized carbons (Fsp3) is 0.400. The predicted molar refractivity (Wildman–Crippen MR) is 53.0 cm³/mol. The van der Waals surface area contributed by atoms with E-state index in [1.807, 2.05) is 0 Å². The molecule has 0 amide bonds. The van der Waals surface area contributed by atoms with Gasteiger partial charge in [-0.05, 0) is 12.0 Å². The Hall–Kier alpha value is -1.42. The van der Waals surface area contributed by atoms with Crippen molar-refractivity contribution in [2.24, 2.45) is 10.3 Å². The third-order valence-electron chi connectivity index (χ3n) is 2.92. The Bertz CT molecular complexity index is 366. The predicted octanol–water partition coefficient (Wildman–Crippen LogP) is 1.72. The SMILES string of the molecule is C1=CCC23N=NNN2CCC=CC3=C1. The maximum atomic E-state index is 4.34. The van der Waals surface area contributed by atoms with Crippen molar-refractivity contribution in [3.05, 3.63) is 36.0 Å². The Morgan fingerprint density at radius 1 is 1.43 bits per heavy atom. The summed E-state index contributed by atoms with van der Waals surface area (Å²) in [7, 11) is 0. The molecule has 0 aromatic heterocycles. The largest absolute Gasteiger partial charge is 0.219 e. The average Bonchev–Trinajstić information content (AvgIpc) is 2.51. The van der Waals surface area contributed by atoms with E-state index in [-0.39, 0.29) is 5.66 Å². The molecular weight excluding hydrogens is 176 g/mol. The molecule has 1 unspecified atom stereocenters. The number of nitrogens with one attached hydrogen (secondary N) is 1. The highest BCUT2D eigenvalue weighted by Crippen LogP contribution is 2.37. The fourth-order valence-corrected chi connectivity index (χ4v) is 2.15. The summed E-state index contributed by atoms with van der Waals surface area (Å²) >= 11 is 0. The number of hydrogen-bond donors (Lipinski definition) is 1. The smallest absolute Gasteiger partial charge is 0.182 e. The quantitative estimate of drug-likeness (QED) is 0.628. The maximum absolute atomic E-state index is 4.34. The molecule has 3 aliphatic rings. The lowest BCUT2D eigenvalue weighted by molar-refractivity contribution is 0.116. The van der Waals surface area contributed by atoms with Crippen molar-refractivity contribution in [3.8, 4) is 0 Å². The van der Waals surface area contributed by atoms with Crippen LogP contribution >= 0.6 is 0 Å². The van der Waals surface area contributed by atoms with Crippen molar-refractivity contribution in [3.63, 3.8) is 0 Å². The molecule has 1 spiro atoms. The molecule has 0 saturated carbocycles. The molecule has 14 heavy (non-hydrogen) atoms. The van der Waals surface area contributed by atoms with Crippen LogP contribution in [0.5, 0.6) is 0 Å². The first-order valence-electron chi connectivity index (χ1n) is 4.91.